The molecule has 1 N–H and O–H groups in total. The van der Waals surface area contributed by atoms with Gasteiger partial charge in [0.25, 0.3) is 0 Å². The zero-order valence-electron chi connectivity index (χ0n) is 17.3. The number of carbonyl (C=O) groups is 1. The van der Waals surface area contributed by atoms with E-state index in [2.05, 4.69) is 5.32 Å². The highest BCUT2D eigenvalue weighted by atomic mass is 32.2. The van der Waals surface area contributed by atoms with E-state index in [1.807, 2.05) is 0 Å². The van der Waals surface area contributed by atoms with Gasteiger partial charge in [0.15, 0.2) is 9.84 Å². The first-order chi connectivity index (χ1) is 13.9. The summed E-state index contributed by atoms with van der Waals surface area (Å²) in [4.78, 5) is 12.8. The third kappa shape index (κ3) is 6.20. The highest BCUT2D eigenvalue weighted by molar-refractivity contribution is 7.92. The predicted octanol–water partition coefficient (Wildman–Crippen LogP) is 2.13. The molecule has 0 bridgehead atoms. The summed E-state index contributed by atoms with van der Waals surface area (Å²) in [6, 6.07) is 12.3. The van der Waals surface area contributed by atoms with Gasteiger partial charge in [0, 0.05) is 6.26 Å². The molecule has 0 saturated heterocycles. The Morgan fingerprint density at radius 1 is 1.03 bits per heavy atom. The van der Waals surface area contributed by atoms with Crippen molar-refractivity contribution in [2.75, 3.05) is 30.0 Å². The Morgan fingerprint density at radius 3 is 2.17 bits per heavy atom. The van der Waals surface area contributed by atoms with Gasteiger partial charge in [-0.05, 0) is 43.7 Å². The highest BCUT2D eigenvalue weighted by Crippen LogP contribution is 2.29. The summed E-state index contributed by atoms with van der Waals surface area (Å²) in [7, 11) is -7.06. The van der Waals surface area contributed by atoms with E-state index in [0.717, 1.165) is 16.8 Å². The molecule has 0 heterocycles. The van der Waals surface area contributed by atoms with Crippen molar-refractivity contribution >= 4 is 31.5 Å². The minimum Gasteiger partial charge on any atom is -0.492 e. The maximum absolute atomic E-state index is 12.6. The zero-order chi connectivity index (χ0) is 22.5. The number of benzene rings is 2. The number of hydrogen-bond donors (Lipinski definition) is 1. The van der Waals surface area contributed by atoms with Crippen LogP contribution in [0.5, 0.6) is 5.75 Å². The van der Waals surface area contributed by atoms with Crippen molar-refractivity contribution in [2.45, 2.75) is 24.8 Å². The number of ether oxygens (including phenoxy) is 1. The first-order valence-corrected chi connectivity index (χ1v) is 13.0. The molecule has 1 atom stereocenters. The summed E-state index contributed by atoms with van der Waals surface area (Å²) in [5, 5.41) is 2.74. The van der Waals surface area contributed by atoms with Crippen molar-refractivity contribution in [3.8, 4) is 5.75 Å². The van der Waals surface area contributed by atoms with E-state index in [1.54, 1.807) is 50.2 Å². The van der Waals surface area contributed by atoms with Crippen LogP contribution < -0.4 is 14.4 Å². The van der Waals surface area contributed by atoms with Gasteiger partial charge >= 0.3 is 0 Å². The summed E-state index contributed by atoms with van der Waals surface area (Å²) >= 11 is 0. The Labute approximate surface area is 177 Å². The van der Waals surface area contributed by atoms with Gasteiger partial charge < -0.3 is 10.1 Å². The van der Waals surface area contributed by atoms with Crippen LogP contribution in [0, 0.1) is 0 Å². The first kappa shape index (κ1) is 23.7. The van der Waals surface area contributed by atoms with Gasteiger partial charge in [-0.2, -0.15) is 0 Å². The lowest BCUT2D eigenvalue weighted by Crippen LogP contribution is -2.41. The van der Waals surface area contributed by atoms with Crippen LogP contribution >= 0.6 is 0 Å². The van der Waals surface area contributed by atoms with Crippen LogP contribution in [-0.2, 0) is 24.7 Å². The molecule has 0 radical (unpaired) electrons. The van der Waals surface area contributed by atoms with Crippen LogP contribution in [0.3, 0.4) is 0 Å². The topological polar surface area (TPSA) is 110 Å². The second kappa shape index (κ2) is 9.48. The molecule has 164 valence electrons. The molecule has 0 aliphatic heterocycles. The van der Waals surface area contributed by atoms with Crippen molar-refractivity contribution in [1.29, 1.82) is 0 Å². The van der Waals surface area contributed by atoms with E-state index in [4.69, 9.17) is 4.74 Å². The summed E-state index contributed by atoms with van der Waals surface area (Å²) in [5.74, 6) is -0.144. The van der Waals surface area contributed by atoms with Crippen molar-refractivity contribution in [3.63, 3.8) is 0 Å². The number of sulfone groups is 1. The summed E-state index contributed by atoms with van der Waals surface area (Å²) in [6.07, 6.45) is 2.14. The molecule has 0 aliphatic rings. The van der Waals surface area contributed by atoms with Gasteiger partial charge in [0.2, 0.25) is 15.9 Å². The molecule has 2 aromatic carbocycles. The molecule has 0 spiro atoms. The minimum absolute atomic E-state index is 0.181. The van der Waals surface area contributed by atoms with Crippen LogP contribution in [0.1, 0.15) is 25.5 Å². The Hall–Kier alpha value is -2.59. The predicted molar refractivity (Wildman–Crippen MR) is 116 cm³/mol. The van der Waals surface area contributed by atoms with Gasteiger partial charge in [-0.25, -0.2) is 16.8 Å². The molecule has 0 aliphatic carbocycles. The van der Waals surface area contributed by atoms with Crippen LogP contribution in [0.25, 0.3) is 0 Å². The minimum atomic E-state index is -3.75. The number of hydrogen-bond acceptors (Lipinski definition) is 6. The maximum Gasteiger partial charge on any atom is 0.241 e. The average molecular weight is 455 g/mol. The zero-order valence-corrected chi connectivity index (χ0v) is 19.0. The summed E-state index contributed by atoms with van der Waals surface area (Å²) in [5.41, 5.74) is 0.971. The normalized spacial score (nSPS) is 12.8. The molecule has 30 heavy (non-hydrogen) atoms. The monoisotopic (exact) mass is 454 g/mol. The number of nitrogens with one attached hydrogen (secondary N) is 1. The molecule has 0 aromatic heterocycles. The smallest absolute Gasteiger partial charge is 0.241 e. The molecule has 8 nitrogen and oxygen atoms in total. The summed E-state index contributed by atoms with van der Waals surface area (Å²) in [6.45, 7) is 3.44. The molecule has 2 rings (SSSR count). The number of sulfonamides is 1. The van der Waals surface area contributed by atoms with Crippen molar-refractivity contribution in [3.05, 3.63) is 54.1 Å². The highest BCUT2D eigenvalue weighted by Gasteiger charge is 2.24. The van der Waals surface area contributed by atoms with E-state index >= 15 is 0 Å². The second-order valence-electron chi connectivity index (χ2n) is 6.80. The van der Waals surface area contributed by atoms with Gasteiger partial charge in [0.1, 0.15) is 12.3 Å². The number of para-hydroxylation sites is 2. The van der Waals surface area contributed by atoms with Crippen molar-refractivity contribution in [2.24, 2.45) is 0 Å². The molecular weight excluding hydrogens is 428 g/mol. The lowest BCUT2D eigenvalue weighted by Gasteiger charge is -2.25. The fraction of sp³-hybridized carbons (Fsp3) is 0.350. The molecular formula is C20H26N2O6S2. The Balaban J connectivity index is 2.19. The average Bonchev–Trinajstić information content (AvgIpc) is 2.65. The molecule has 0 fully saturated rings. The molecule has 2 aromatic rings. The van der Waals surface area contributed by atoms with Crippen LogP contribution in [0.2, 0.25) is 0 Å². The van der Waals surface area contributed by atoms with Gasteiger partial charge in [-0.15, -0.1) is 0 Å². The third-order valence-electron chi connectivity index (χ3n) is 4.31. The Morgan fingerprint density at radius 2 is 1.63 bits per heavy atom. The fourth-order valence-corrected chi connectivity index (χ4v) is 4.32. The molecule has 1 amide bonds. The molecule has 10 heteroatoms. The largest absolute Gasteiger partial charge is 0.492 e. The van der Waals surface area contributed by atoms with Gasteiger partial charge in [0.05, 0.1) is 29.5 Å². The Bertz CT molecular complexity index is 1100. The summed E-state index contributed by atoms with van der Waals surface area (Å²) < 4.78 is 54.3. The number of amides is 1. The van der Waals surface area contributed by atoms with Crippen LogP contribution in [0.15, 0.2) is 53.4 Å². The van der Waals surface area contributed by atoms with E-state index in [1.165, 1.54) is 12.1 Å². The standard InChI is InChI=1S/C20H26N2O6S2/c1-5-28-19-9-7-6-8-18(19)22(30(4,26)27)14-20(23)21-15(2)16-10-12-17(13-11-16)29(3,24)25/h6-13,15H,5,14H2,1-4H3,(H,21,23)/t15-/m1/s1. The van der Waals surface area contributed by atoms with Crippen molar-refractivity contribution in [1.82, 2.24) is 5.32 Å². The lowest BCUT2D eigenvalue weighted by atomic mass is 10.1. The third-order valence-corrected chi connectivity index (χ3v) is 6.56. The first-order valence-electron chi connectivity index (χ1n) is 9.22. The number of anilines is 1. The lowest BCUT2D eigenvalue weighted by molar-refractivity contribution is -0.120. The van der Waals surface area contributed by atoms with Gasteiger partial charge in [-0.3, -0.25) is 9.10 Å². The Kier molecular flexibility index (Phi) is 7.49. The quantitative estimate of drug-likeness (QED) is 0.622. The van der Waals surface area contributed by atoms with Crippen molar-refractivity contribution < 1.29 is 26.4 Å². The van der Waals surface area contributed by atoms with Crippen LogP contribution in [-0.4, -0.2) is 48.4 Å². The van der Waals surface area contributed by atoms with E-state index in [9.17, 15) is 21.6 Å². The second-order valence-corrected chi connectivity index (χ2v) is 10.7. The fourth-order valence-electron chi connectivity index (χ4n) is 2.83. The van der Waals surface area contributed by atoms with Crippen LogP contribution in [0.4, 0.5) is 5.69 Å². The number of nitrogens with zero attached hydrogens (tertiary/aromatic N) is 1. The number of carbonyl (C=O) groups excluding carboxylic acids is 1. The SMILES string of the molecule is CCOc1ccccc1N(CC(=O)N[C@H](C)c1ccc(S(C)(=O)=O)cc1)S(C)(=O)=O. The molecule has 0 unspecified atom stereocenters. The van der Waals surface area contributed by atoms with E-state index in [-0.39, 0.29) is 10.6 Å². The van der Waals surface area contributed by atoms with Gasteiger partial charge in [-0.1, -0.05) is 24.3 Å². The van der Waals surface area contributed by atoms with E-state index in [0.29, 0.717) is 17.9 Å². The number of rotatable bonds is 9. The maximum atomic E-state index is 12.6. The van der Waals surface area contributed by atoms with E-state index < -0.39 is 38.4 Å². The molecule has 0 saturated carbocycles.